The highest BCUT2D eigenvalue weighted by Gasteiger charge is 2.48. The minimum atomic E-state index is -4.55. The summed E-state index contributed by atoms with van der Waals surface area (Å²) in [7, 11) is 0. The predicted octanol–water partition coefficient (Wildman–Crippen LogP) is 2.66. The van der Waals surface area contributed by atoms with Crippen LogP contribution in [0.4, 0.5) is 13.2 Å². The second kappa shape index (κ2) is 3.94. The van der Waals surface area contributed by atoms with Gasteiger partial charge in [-0.05, 0) is 13.3 Å². The van der Waals surface area contributed by atoms with Crippen molar-refractivity contribution >= 4 is 0 Å². The molecule has 1 unspecified atom stereocenters. The third-order valence-electron chi connectivity index (χ3n) is 1.53. The Bertz CT molecular complexity index is 158. The molecule has 0 bridgehead atoms. The van der Waals surface area contributed by atoms with Crippen LogP contribution in [0, 0.1) is 0 Å². The first kappa shape index (κ1) is 11.5. The molecule has 0 fully saturated rings. The van der Waals surface area contributed by atoms with Crippen molar-refractivity contribution in [1.29, 1.82) is 0 Å². The van der Waals surface area contributed by atoms with Crippen LogP contribution in [0.15, 0.2) is 12.2 Å². The average molecular weight is 182 g/mol. The second-order valence-corrected chi connectivity index (χ2v) is 2.86. The van der Waals surface area contributed by atoms with Gasteiger partial charge in [-0.1, -0.05) is 19.1 Å². The van der Waals surface area contributed by atoms with Crippen molar-refractivity contribution in [2.75, 3.05) is 0 Å². The Kier molecular flexibility index (Phi) is 3.77. The molecule has 0 saturated heterocycles. The fourth-order valence-corrected chi connectivity index (χ4v) is 0.595. The average Bonchev–Trinajstić information content (AvgIpc) is 1.85. The zero-order valence-electron chi connectivity index (χ0n) is 7.15. The molecule has 0 amide bonds. The smallest absolute Gasteiger partial charge is 0.380 e. The summed E-state index contributed by atoms with van der Waals surface area (Å²) in [5.41, 5.74) is -2.60. The molecular weight excluding hydrogens is 169 g/mol. The molecule has 0 aromatic heterocycles. The minimum absolute atomic E-state index is 0.385. The van der Waals surface area contributed by atoms with Crippen LogP contribution >= 0.6 is 0 Å². The molecule has 1 nitrogen and oxygen atoms in total. The Morgan fingerprint density at radius 3 is 2.08 bits per heavy atom. The van der Waals surface area contributed by atoms with Crippen molar-refractivity contribution in [2.45, 2.75) is 38.5 Å². The lowest BCUT2D eigenvalue weighted by Gasteiger charge is -2.24. The van der Waals surface area contributed by atoms with Crippen LogP contribution in [0.3, 0.4) is 0 Å². The molecular formula is C8H13F3O. The van der Waals surface area contributed by atoms with Crippen LogP contribution in [-0.2, 0) is 0 Å². The summed E-state index contributed by atoms with van der Waals surface area (Å²) in [6.45, 7) is 2.59. The van der Waals surface area contributed by atoms with Crippen LogP contribution in [0.1, 0.15) is 26.7 Å². The Morgan fingerprint density at radius 1 is 1.25 bits per heavy atom. The molecule has 1 N–H and O–H groups in total. The monoisotopic (exact) mass is 182 g/mol. The number of hydrogen-bond acceptors (Lipinski definition) is 1. The molecule has 0 saturated carbocycles. The van der Waals surface area contributed by atoms with Crippen molar-refractivity contribution in [3.8, 4) is 0 Å². The van der Waals surface area contributed by atoms with E-state index in [1.165, 1.54) is 6.08 Å². The molecule has 72 valence electrons. The summed E-state index contributed by atoms with van der Waals surface area (Å²) in [5, 5.41) is 8.90. The van der Waals surface area contributed by atoms with Gasteiger partial charge in [-0.3, -0.25) is 0 Å². The van der Waals surface area contributed by atoms with E-state index in [4.69, 9.17) is 5.11 Å². The number of rotatable bonds is 3. The first-order valence-electron chi connectivity index (χ1n) is 3.75. The zero-order valence-corrected chi connectivity index (χ0v) is 7.15. The second-order valence-electron chi connectivity index (χ2n) is 2.86. The SMILES string of the molecule is CC/C=C\CC(C)(O)C(F)(F)F. The molecule has 0 aliphatic heterocycles. The van der Waals surface area contributed by atoms with Crippen LogP contribution in [-0.4, -0.2) is 16.9 Å². The van der Waals surface area contributed by atoms with E-state index in [1.807, 2.05) is 6.92 Å². The summed E-state index contributed by atoms with van der Waals surface area (Å²) in [4.78, 5) is 0. The highest BCUT2D eigenvalue weighted by atomic mass is 19.4. The van der Waals surface area contributed by atoms with Gasteiger partial charge < -0.3 is 5.11 Å². The summed E-state index contributed by atoms with van der Waals surface area (Å²) in [5.74, 6) is 0. The lowest BCUT2D eigenvalue weighted by atomic mass is 10.0. The van der Waals surface area contributed by atoms with Gasteiger partial charge in [0.15, 0.2) is 5.60 Å². The van der Waals surface area contributed by atoms with Crippen molar-refractivity contribution in [2.24, 2.45) is 0 Å². The molecule has 4 heteroatoms. The Morgan fingerprint density at radius 2 is 1.75 bits per heavy atom. The van der Waals surface area contributed by atoms with E-state index in [-0.39, 0.29) is 6.42 Å². The van der Waals surface area contributed by atoms with E-state index >= 15 is 0 Å². The standard InChI is InChI=1S/C8H13F3O/c1-3-4-5-6-7(2,12)8(9,10)11/h4-5,12H,3,6H2,1-2H3/b5-4-. The Hall–Kier alpha value is -0.510. The first-order valence-corrected chi connectivity index (χ1v) is 3.75. The first-order chi connectivity index (χ1) is 5.31. The maximum atomic E-state index is 12.0. The van der Waals surface area contributed by atoms with Crippen LogP contribution in [0.5, 0.6) is 0 Å². The number of allylic oxidation sites excluding steroid dienone is 1. The Balaban J connectivity index is 4.14. The van der Waals surface area contributed by atoms with Gasteiger partial charge in [-0.2, -0.15) is 13.2 Å². The van der Waals surface area contributed by atoms with Gasteiger partial charge in [-0.15, -0.1) is 0 Å². The van der Waals surface area contributed by atoms with Crippen molar-refractivity contribution in [3.05, 3.63) is 12.2 Å². The number of alkyl halides is 3. The topological polar surface area (TPSA) is 20.2 Å². The highest BCUT2D eigenvalue weighted by Crippen LogP contribution is 2.32. The van der Waals surface area contributed by atoms with Crippen molar-refractivity contribution in [1.82, 2.24) is 0 Å². The third kappa shape index (κ3) is 3.26. The largest absolute Gasteiger partial charge is 0.417 e. The third-order valence-corrected chi connectivity index (χ3v) is 1.53. The molecule has 1 atom stereocenters. The normalized spacial score (nSPS) is 18.2. The fraction of sp³-hybridized carbons (Fsp3) is 0.750. The van der Waals surface area contributed by atoms with E-state index in [9.17, 15) is 13.2 Å². The summed E-state index contributed by atoms with van der Waals surface area (Å²) in [6.07, 6.45) is -1.32. The molecule has 0 heterocycles. The Labute approximate surface area is 69.9 Å². The molecule has 12 heavy (non-hydrogen) atoms. The minimum Gasteiger partial charge on any atom is -0.380 e. The molecule has 0 radical (unpaired) electrons. The molecule has 0 aromatic rings. The number of halogens is 3. The van der Waals surface area contributed by atoms with Crippen LogP contribution in [0.2, 0.25) is 0 Å². The predicted molar refractivity (Wildman–Crippen MR) is 40.7 cm³/mol. The van der Waals surface area contributed by atoms with Gasteiger partial charge in [0.05, 0.1) is 0 Å². The van der Waals surface area contributed by atoms with E-state index < -0.39 is 11.8 Å². The van der Waals surface area contributed by atoms with E-state index in [2.05, 4.69) is 0 Å². The van der Waals surface area contributed by atoms with Gasteiger partial charge in [0.2, 0.25) is 0 Å². The van der Waals surface area contributed by atoms with Crippen LogP contribution < -0.4 is 0 Å². The maximum Gasteiger partial charge on any atom is 0.417 e. The quantitative estimate of drug-likeness (QED) is 0.665. The highest BCUT2D eigenvalue weighted by molar-refractivity contribution is 4.92. The van der Waals surface area contributed by atoms with E-state index in [1.54, 1.807) is 6.08 Å². The van der Waals surface area contributed by atoms with Gasteiger partial charge in [0, 0.05) is 6.42 Å². The molecule has 0 aliphatic carbocycles. The van der Waals surface area contributed by atoms with Gasteiger partial charge in [-0.25, -0.2) is 0 Å². The van der Waals surface area contributed by atoms with Crippen LogP contribution in [0.25, 0.3) is 0 Å². The number of hydrogen-bond donors (Lipinski definition) is 1. The van der Waals surface area contributed by atoms with Crippen molar-refractivity contribution < 1.29 is 18.3 Å². The molecule has 0 rings (SSSR count). The maximum absolute atomic E-state index is 12.0. The lowest BCUT2D eigenvalue weighted by Crippen LogP contribution is -2.41. The molecule has 0 spiro atoms. The zero-order chi connectivity index (χ0) is 9.83. The van der Waals surface area contributed by atoms with E-state index in [0.29, 0.717) is 6.42 Å². The van der Waals surface area contributed by atoms with Gasteiger partial charge in [0.1, 0.15) is 0 Å². The summed E-state index contributed by atoms with van der Waals surface area (Å²) in [6, 6.07) is 0. The molecule has 0 aliphatic rings. The van der Waals surface area contributed by atoms with Gasteiger partial charge >= 0.3 is 6.18 Å². The lowest BCUT2D eigenvalue weighted by molar-refractivity contribution is -0.251. The summed E-state index contributed by atoms with van der Waals surface area (Å²) < 4.78 is 35.9. The van der Waals surface area contributed by atoms with Gasteiger partial charge in [0.25, 0.3) is 0 Å². The van der Waals surface area contributed by atoms with Crippen molar-refractivity contribution in [3.63, 3.8) is 0 Å². The molecule has 0 aromatic carbocycles. The van der Waals surface area contributed by atoms with E-state index in [0.717, 1.165) is 6.92 Å². The summed E-state index contributed by atoms with van der Waals surface area (Å²) >= 11 is 0. The fourth-order valence-electron chi connectivity index (χ4n) is 0.595. The number of aliphatic hydroxyl groups is 1.